The zero-order chi connectivity index (χ0) is 14.0. The average molecular weight is 386 g/mol. The van der Waals surface area contributed by atoms with E-state index >= 15 is 0 Å². The van der Waals surface area contributed by atoms with Crippen molar-refractivity contribution in [1.29, 1.82) is 0 Å². The highest BCUT2D eigenvalue weighted by atomic mass is 79.9. The molecule has 0 saturated carbocycles. The first-order valence-corrected chi connectivity index (χ1v) is 7.74. The van der Waals surface area contributed by atoms with E-state index < -0.39 is 6.10 Å². The van der Waals surface area contributed by atoms with Crippen molar-refractivity contribution >= 4 is 50.5 Å². The maximum atomic E-state index is 10.4. The number of halogens is 3. The molecule has 1 atom stereocenters. The van der Waals surface area contributed by atoms with Crippen molar-refractivity contribution in [2.45, 2.75) is 12.6 Å². The Bertz CT molecular complexity index is 554. The molecule has 8 heteroatoms. The maximum Gasteiger partial charge on any atom is 0.131 e. The third-order valence-corrected chi connectivity index (χ3v) is 5.35. The van der Waals surface area contributed by atoms with Gasteiger partial charge in [0.2, 0.25) is 0 Å². The fraction of sp³-hybridized carbons (Fsp3) is 0.364. The summed E-state index contributed by atoms with van der Waals surface area (Å²) in [5.74, 6) is 0. The lowest BCUT2D eigenvalue weighted by atomic mass is 10.2. The molecule has 0 aliphatic heterocycles. The van der Waals surface area contributed by atoms with Gasteiger partial charge in [0.05, 0.1) is 30.1 Å². The summed E-state index contributed by atoms with van der Waals surface area (Å²) in [6, 6.07) is 1.78. The van der Waals surface area contributed by atoms with E-state index in [4.69, 9.17) is 27.9 Å². The highest BCUT2D eigenvalue weighted by molar-refractivity contribution is 9.10. The Hall–Kier alpha value is -0.110. The molecule has 0 spiro atoms. The van der Waals surface area contributed by atoms with Crippen molar-refractivity contribution in [1.82, 2.24) is 9.78 Å². The minimum Gasteiger partial charge on any atom is -0.383 e. The van der Waals surface area contributed by atoms with E-state index in [1.807, 2.05) is 0 Å². The van der Waals surface area contributed by atoms with Crippen LogP contribution >= 0.6 is 50.5 Å². The molecule has 104 valence electrons. The summed E-state index contributed by atoms with van der Waals surface area (Å²) < 4.78 is 7.99. The Morgan fingerprint density at radius 2 is 2.32 bits per heavy atom. The molecule has 2 aromatic heterocycles. The quantitative estimate of drug-likeness (QED) is 0.852. The highest BCUT2D eigenvalue weighted by Crippen LogP contribution is 2.38. The molecule has 1 unspecified atom stereocenters. The van der Waals surface area contributed by atoms with Crippen LogP contribution in [0.1, 0.15) is 16.7 Å². The number of ether oxygens (including phenoxy) is 1. The lowest BCUT2D eigenvalue weighted by Crippen LogP contribution is -2.13. The van der Waals surface area contributed by atoms with Gasteiger partial charge in [0.25, 0.3) is 0 Å². The standard InChI is InChI=1S/C11H11BrCl2N2O2S/c1-18-3-2-16-9(7(13)5-15-16)10(17)8-4-6(12)11(14)19-8/h4-5,10,17H,2-3H2,1H3. The predicted octanol–water partition coefficient (Wildman–Crippen LogP) is 3.74. The molecule has 0 bridgehead atoms. The van der Waals surface area contributed by atoms with E-state index in [0.717, 1.165) is 4.47 Å². The van der Waals surface area contributed by atoms with Gasteiger partial charge in [-0.25, -0.2) is 0 Å². The molecule has 2 aromatic rings. The summed E-state index contributed by atoms with van der Waals surface area (Å²) in [4.78, 5) is 0.706. The van der Waals surface area contributed by atoms with E-state index in [1.54, 1.807) is 17.9 Å². The monoisotopic (exact) mass is 384 g/mol. The molecule has 19 heavy (non-hydrogen) atoms. The summed E-state index contributed by atoms with van der Waals surface area (Å²) in [5.41, 5.74) is 0.545. The highest BCUT2D eigenvalue weighted by Gasteiger charge is 2.22. The fourth-order valence-electron chi connectivity index (χ4n) is 1.63. The van der Waals surface area contributed by atoms with Crippen LogP contribution in [-0.4, -0.2) is 28.6 Å². The van der Waals surface area contributed by atoms with Gasteiger partial charge in [-0.15, -0.1) is 11.3 Å². The molecule has 4 nitrogen and oxygen atoms in total. The van der Waals surface area contributed by atoms with Crippen molar-refractivity contribution in [3.8, 4) is 0 Å². The molecular weight excluding hydrogens is 375 g/mol. The van der Waals surface area contributed by atoms with Gasteiger partial charge >= 0.3 is 0 Å². The normalized spacial score (nSPS) is 12.9. The van der Waals surface area contributed by atoms with Crippen LogP contribution < -0.4 is 0 Å². The molecule has 0 aromatic carbocycles. The molecular formula is C11H11BrCl2N2O2S. The second-order valence-electron chi connectivity index (χ2n) is 3.77. The number of methoxy groups -OCH3 is 1. The van der Waals surface area contributed by atoms with E-state index in [0.29, 0.717) is 33.1 Å². The molecule has 0 radical (unpaired) electrons. The lowest BCUT2D eigenvalue weighted by Gasteiger charge is -2.12. The van der Waals surface area contributed by atoms with Crippen LogP contribution in [0.3, 0.4) is 0 Å². The summed E-state index contributed by atoms with van der Waals surface area (Å²) in [5, 5.41) is 15.0. The number of rotatable bonds is 5. The van der Waals surface area contributed by atoms with Crippen molar-refractivity contribution in [3.63, 3.8) is 0 Å². The first kappa shape index (κ1) is 15.3. The van der Waals surface area contributed by atoms with Gasteiger partial charge in [-0.1, -0.05) is 23.2 Å². The smallest absolute Gasteiger partial charge is 0.131 e. The molecule has 2 rings (SSSR count). The third-order valence-electron chi connectivity index (χ3n) is 2.53. The Balaban J connectivity index is 2.32. The van der Waals surface area contributed by atoms with Crippen LogP contribution in [0, 0.1) is 0 Å². The van der Waals surface area contributed by atoms with Gasteiger partial charge in [0.1, 0.15) is 10.4 Å². The van der Waals surface area contributed by atoms with E-state index in [1.165, 1.54) is 17.5 Å². The topological polar surface area (TPSA) is 47.3 Å². The molecule has 0 saturated heterocycles. The summed E-state index contributed by atoms with van der Waals surface area (Å²) in [6.45, 7) is 1.02. The zero-order valence-electron chi connectivity index (χ0n) is 9.94. The van der Waals surface area contributed by atoms with Crippen molar-refractivity contribution < 1.29 is 9.84 Å². The van der Waals surface area contributed by atoms with Crippen LogP contribution in [0.4, 0.5) is 0 Å². The van der Waals surface area contributed by atoms with Gasteiger partial charge in [0.15, 0.2) is 0 Å². The van der Waals surface area contributed by atoms with Crippen molar-refractivity contribution in [3.05, 3.63) is 36.7 Å². The lowest BCUT2D eigenvalue weighted by molar-refractivity contribution is 0.172. The molecule has 0 amide bonds. The SMILES string of the molecule is COCCn1ncc(Cl)c1C(O)c1cc(Br)c(Cl)s1. The maximum absolute atomic E-state index is 10.4. The van der Waals surface area contributed by atoms with Crippen LogP contribution in [0.5, 0.6) is 0 Å². The molecule has 1 N–H and O–H groups in total. The van der Waals surface area contributed by atoms with Gasteiger partial charge in [-0.3, -0.25) is 4.68 Å². The second-order valence-corrected chi connectivity index (χ2v) is 6.71. The zero-order valence-corrected chi connectivity index (χ0v) is 13.9. The van der Waals surface area contributed by atoms with Gasteiger partial charge in [-0.05, 0) is 22.0 Å². The number of thiophene rings is 1. The number of hydrogen-bond donors (Lipinski definition) is 1. The predicted molar refractivity (Wildman–Crippen MR) is 80.2 cm³/mol. The summed E-state index contributed by atoms with van der Waals surface area (Å²) >= 11 is 16.7. The Kier molecular flexibility index (Phi) is 5.28. The van der Waals surface area contributed by atoms with Crippen LogP contribution in [0.15, 0.2) is 16.7 Å². The van der Waals surface area contributed by atoms with Crippen LogP contribution in [0.2, 0.25) is 9.36 Å². The van der Waals surface area contributed by atoms with Gasteiger partial charge < -0.3 is 9.84 Å². The first-order valence-electron chi connectivity index (χ1n) is 5.37. The Labute approximate surface area is 133 Å². The van der Waals surface area contributed by atoms with E-state index in [-0.39, 0.29) is 0 Å². The van der Waals surface area contributed by atoms with E-state index in [9.17, 15) is 5.11 Å². The number of nitrogens with zero attached hydrogens (tertiary/aromatic N) is 2. The number of hydrogen-bond acceptors (Lipinski definition) is 4. The minimum absolute atomic E-state index is 0.421. The minimum atomic E-state index is -0.861. The van der Waals surface area contributed by atoms with Gasteiger partial charge in [-0.2, -0.15) is 5.10 Å². The summed E-state index contributed by atoms with van der Waals surface area (Å²) in [7, 11) is 1.61. The van der Waals surface area contributed by atoms with Crippen LogP contribution in [0.25, 0.3) is 0 Å². The van der Waals surface area contributed by atoms with E-state index in [2.05, 4.69) is 21.0 Å². The molecule has 2 heterocycles. The second kappa shape index (κ2) is 6.56. The fourth-order valence-corrected chi connectivity index (χ4v) is 3.60. The van der Waals surface area contributed by atoms with Crippen molar-refractivity contribution in [2.75, 3.05) is 13.7 Å². The number of aromatic nitrogens is 2. The third kappa shape index (κ3) is 3.32. The number of aliphatic hydroxyl groups excluding tert-OH is 1. The average Bonchev–Trinajstić information content (AvgIpc) is 2.90. The first-order chi connectivity index (χ1) is 9.04. The van der Waals surface area contributed by atoms with Crippen LogP contribution in [-0.2, 0) is 11.3 Å². The molecule has 0 fully saturated rings. The van der Waals surface area contributed by atoms with Crippen molar-refractivity contribution in [2.24, 2.45) is 0 Å². The Morgan fingerprint density at radius 3 is 2.89 bits per heavy atom. The molecule has 0 aliphatic rings. The Morgan fingerprint density at radius 1 is 1.58 bits per heavy atom. The largest absolute Gasteiger partial charge is 0.383 e. The molecule has 0 aliphatic carbocycles. The van der Waals surface area contributed by atoms with Gasteiger partial charge in [0, 0.05) is 16.5 Å². The summed E-state index contributed by atoms with van der Waals surface area (Å²) in [6.07, 6.45) is 0.653. The number of aliphatic hydroxyl groups is 1.